The molecule has 1 atom stereocenters. The van der Waals surface area contributed by atoms with E-state index < -0.39 is 5.97 Å². The summed E-state index contributed by atoms with van der Waals surface area (Å²) >= 11 is 0. The van der Waals surface area contributed by atoms with Crippen LogP contribution in [0.3, 0.4) is 0 Å². The minimum Gasteiger partial charge on any atom is -0.480 e. The van der Waals surface area contributed by atoms with E-state index in [1.54, 1.807) is 0 Å². The van der Waals surface area contributed by atoms with Gasteiger partial charge in [-0.3, -0.25) is 4.90 Å². The zero-order valence-corrected chi connectivity index (χ0v) is 11.4. The predicted octanol–water partition coefficient (Wildman–Crippen LogP) is 1.12. The fourth-order valence-corrected chi connectivity index (χ4v) is 2.91. The van der Waals surface area contributed by atoms with E-state index in [9.17, 15) is 4.79 Å². The van der Waals surface area contributed by atoms with Crippen LogP contribution in [0.4, 0.5) is 0 Å². The van der Waals surface area contributed by atoms with Crippen LogP contribution in [-0.4, -0.2) is 59.5 Å². The van der Waals surface area contributed by atoms with Crippen molar-refractivity contribution in [2.45, 2.75) is 50.9 Å². The zero-order chi connectivity index (χ0) is 13.4. The van der Waals surface area contributed by atoms with Crippen molar-refractivity contribution >= 4 is 5.97 Å². The number of hydrogen-bond acceptors (Lipinski definition) is 4. The van der Waals surface area contributed by atoms with E-state index in [-0.39, 0.29) is 17.8 Å². The van der Waals surface area contributed by atoms with Crippen molar-refractivity contribution in [1.29, 1.82) is 0 Å². The summed E-state index contributed by atoms with van der Waals surface area (Å²) in [5.74, 6) is -0.901. The molecule has 0 radical (unpaired) electrons. The van der Waals surface area contributed by atoms with Crippen LogP contribution in [-0.2, 0) is 14.3 Å². The highest BCUT2D eigenvalue weighted by Crippen LogP contribution is 2.34. The summed E-state index contributed by atoms with van der Waals surface area (Å²) in [6, 6.07) is 0.537. The lowest BCUT2D eigenvalue weighted by Crippen LogP contribution is -2.66. The second-order valence-corrected chi connectivity index (χ2v) is 6.29. The van der Waals surface area contributed by atoms with Gasteiger partial charge in [0.25, 0.3) is 0 Å². The molecule has 5 heteroatoms. The minimum absolute atomic E-state index is 0.0448. The highest BCUT2D eigenvalue weighted by molar-refractivity contribution is 5.68. The van der Waals surface area contributed by atoms with E-state index in [4.69, 9.17) is 14.6 Å². The van der Waals surface area contributed by atoms with E-state index >= 15 is 0 Å². The molecule has 2 rings (SSSR count). The third kappa shape index (κ3) is 3.22. The quantitative estimate of drug-likeness (QED) is 0.818. The first-order valence-corrected chi connectivity index (χ1v) is 6.53. The Kier molecular flexibility index (Phi) is 3.67. The maximum Gasteiger partial charge on any atom is 0.329 e. The van der Waals surface area contributed by atoms with Gasteiger partial charge in [-0.2, -0.15) is 0 Å². The highest BCUT2D eigenvalue weighted by atomic mass is 16.5. The second kappa shape index (κ2) is 4.79. The number of rotatable bonds is 4. The molecule has 18 heavy (non-hydrogen) atoms. The Labute approximate surface area is 108 Å². The van der Waals surface area contributed by atoms with Crippen LogP contribution < -0.4 is 0 Å². The van der Waals surface area contributed by atoms with Crippen LogP contribution in [0.2, 0.25) is 0 Å². The molecule has 0 spiro atoms. The van der Waals surface area contributed by atoms with E-state index in [0.717, 1.165) is 32.5 Å². The van der Waals surface area contributed by atoms with Crippen LogP contribution in [0.1, 0.15) is 33.6 Å². The SMILES string of the molecule is CC1(C)CC(N2CC(C)(OCC(=O)O)C2)CCO1. The number of aliphatic carboxylic acids is 1. The number of nitrogens with zero attached hydrogens (tertiary/aromatic N) is 1. The Morgan fingerprint density at radius 2 is 2.11 bits per heavy atom. The molecule has 0 aromatic rings. The standard InChI is InChI=1S/C13H23NO4/c1-12(2)6-10(4-5-17-12)14-8-13(3,9-14)18-7-11(15)16/h10H,4-9H2,1-3H3,(H,15,16). The minimum atomic E-state index is -0.901. The van der Waals surface area contributed by atoms with Crippen molar-refractivity contribution in [1.82, 2.24) is 4.90 Å². The molecule has 0 aliphatic carbocycles. The molecule has 5 nitrogen and oxygen atoms in total. The molecule has 2 saturated heterocycles. The molecule has 0 aromatic carbocycles. The monoisotopic (exact) mass is 257 g/mol. The number of ether oxygens (including phenoxy) is 2. The number of likely N-dealkylation sites (tertiary alicyclic amines) is 1. The van der Waals surface area contributed by atoms with Gasteiger partial charge in [0, 0.05) is 25.7 Å². The summed E-state index contributed by atoms with van der Waals surface area (Å²) < 4.78 is 11.1. The van der Waals surface area contributed by atoms with Crippen LogP contribution in [0, 0.1) is 0 Å². The van der Waals surface area contributed by atoms with Gasteiger partial charge in [-0.05, 0) is 33.6 Å². The molecule has 2 heterocycles. The molecule has 0 amide bonds. The number of carboxylic acid groups (broad SMARTS) is 1. The van der Waals surface area contributed by atoms with Gasteiger partial charge < -0.3 is 14.6 Å². The number of carbonyl (C=O) groups is 1. The average Bonchev–Trinajstić information content (AvgIpc) is 2.21. The lowest BCUT2D eigenvalue weighted by Gasteiger charge is -2.53. The van der Waals surface area contributed by atoms with E-state index in [2.05, 4.69) is 18.7 Å². The molecule has 1 N–H and O–H groups in total. The van der Waals surface area contributed by atoms with Gasteiger partial charge in [0.2, 0.25) is 0 Å². The molecule has 1 unspecified atom stereocenters. The molecule has 2 fully saturated rings. The van der Waals surface area contributed by atoms with Gasteiger partial charge in [-0.1, -0.05) is 0 Å². The highest BCUT2D eigenvalue weighted by Gasteiger charge is 2.45. The topological polar surface area (TPSA) is 59.0 Å². The van der Waals surface area contributed by atoms with Crippen LogP contribution in [0.5, 0.6) is 0 Å². The van der Waals surface area contributed by atoms with Gasteiger partial charge >= 0.3 is 5.97 Å². The summed E-state index contributed by atoms with van der Waals surface area (Å²) in [4.78, 5) is 12.9. The Bertz CT molecular complexity index is 323. The molecule has 0 bridgehead atoms. The maximum absolute atomic E-state index is 10.5. The summed E-state index contributed by atoms with van der Waals surface area (Å²) in [6.07, 6.45) is 2.08. The number of hydrogen-bond donors (Lipinski definition) is 1. The lowest BCUT2D eigenvalue weighted by molar-refractivity contribution is -0.180. The smallest absolute Gasteiger partial charge is 0.329 e. The summed E-state index contributed by atoms with van der Waals surface area (Å²) in [6.45, 7) is 8.47. The van der Waals surface area contributed by atoms with Crippen molar-refractivity contribution in [2.75, 3.05) is 26.3 Å². The predicted molar refractivity (Wildman–Crippen MR) is 66.6 cm³/mol. The van der Waals surface area contributed by atoms with Crippen molar-refractivity contribution in [3.8, 4) is 0 Å². The van der Waals surface area contributed by atoms with E-state index in [1.807, 2.05) is 6.92 Å². The first-order chi connectivity index (χ1) is 8.30. The molecule has 2 aliphatic heterocycles. The van der Waals surface area contributed by atoms with Gasteiger partial charge in [-0.15, -0.1) is 0 Å². The van der Waals surface area contributed by atoms with Gasteiger partial charge in [-0.25, -0.2) is 4.79 Å². The summed E-state index contributed by atoms with van der Waals surface area (Å²) in [5.41, 5.74) is -0.336. The zero-order valence-electron chi connectivity index (χ0n) is 11.4. The van der Waals surface area contributed by atoms with Crippen LogP contribution >= 0.6 is 0 Å². The molecule has 0 aromatic heterocycles. The fraction of sp³-hybridized carbons (Fsp3) is 0.923. The Morgan fingerprint density at radius 1 is 1.44 bits per heavy atom. The summed E-state index contributed by atoms with van der Waals surface area (Å²) in [7, 11) is 0. The van der Waals surface area contributed by atoms with Crippen molar-refractivity contribution in [3.63, 3.8) is 0 Å². The molecular formula is C13H23NO4. The molecule has 2 aliphatic rings. The van der Waals surface area contributed by atoms with E-state index in [0.29, 0.717) is 6.04 Å². The van der Waals surface area contributed by atoms with Gasteiger partial charge in [0.05, 0.1) is 11.2 Å². The van der Waals surface area contributed by atoms with Crippen LogP contribution in [0.25, 0.3) is 0 Å². The van der Waals surface area contributed by atoms with Crippen LogP contribution in [0.15, 0.2) is 0 Å². The molecule has 0 saturated carbocycles. The second-order valence-electron chi connectivity index (χ2n) is 6.29. The maximum atomic E-state index is 10.5. The Balaban J connectivity index is 1.79. The largest absolute Gasteiger partial charge is 0.480 e. The fourth-order valence-electron chi connectivity index (χ4n) is 2.91. The van der Waals surface area contributed by atoms with Gasteiger partial charge in [0.1, 0.15) is 6.61 Å². The molecular weight excluding hydrogens is 234 g/mol. The van der Waals surface area contributed by atoms with E-state index in [1.165, 1.54) is 0 Å². The molecule has 104 valence electrons. The Hall–Kier alpha value is -0.650. The number of carboxylic acids is 1. The first-order valence-electron chi connectivity index (χ1n) is 6.53. The summed E-state index contributed by atoms with van der Waals surface area (Å²) in [5, 5.41) is 8.62. The lowest BCUT2D eigenvalue weighted by atomic mass is 9.87. The Morgan fingerprint density at radius 3 is 2.67 bits per heavy atom. The third-order valence-corrected chi connectivity index (χ3v) is 3.81. The normalized spacial score (nSPS) is 30.7. The van der Waals surface area contributed by atoms with Gasteiger partial charge in [0.15, 0.2) is 0 Å². The third-order valence-electron chi connectivity index (χ3n) is 3.81. The average molecular weight is 257 g/mol. The van der Waals surface area contributed by atoms with Crippen molar-refractivity contribution < 1.29 is 19.4 Å². The van der Waals surface area contributed by atoms with Crippen molar-refractivity contribution in [3.05, 3.63) is 0 Å². The van der Waals surface area contributed by atoms with Crippen molar-refractivity contribution in [2.24, 2.45) is 0 Å². The first kappa shape index (κ1) is 13.8.